The molecule has 1 unspecified atom stereocenters. The zero-order chi connectivity index (χ0) is 12.4. The number of thiazole rings is 1. The van der Waals surface area contributed by atoms with Gasteiger partial charge in [-0.25, -0.2) is 4.98 Å². The lowest BCUT2D eigenvalue weighted by molar-refractivity contribution is -0.124. The number of aromatic nitrogens is 1. The third kappa shape index (κ3) is 3.26. The molecule has 0 bridgehead atoms. The maximum Gasteiger partial charge on any atom is 0.248 e. The van der Waals surface area contributed by atoms with E-state index in [4.69, 9.17) is 0 Å². The van der Waals surface area contributed by atoms with Crippen molar-refractivity contribution in [1.82, 2.24) is 10.3 Å². The van der Waals surface area contributed by atoms with Crippen LogP contribution >= 0.6 is 11.3 Å². The summed E-state index contributed by atoms with van der Waals surface area (Å²) in [4.78, 5) is 26.8. The van der Waals surface area contributed by atoms with Crippen molar-refractivity contribution >= 4 is 28.3 Å². The number of anilines is 1. The molecule has 1 fully saturated rings. The second-order valence-electron chi connectivity index (χ2n) is 4.26. The Morgan fingerprint density at radius 1 is 1.53 bits per heavy atom. The summed E-state index contributed by atoms with van der Waals surface area (Å²) in [5.74, 6) is 0.132. The monoisotopic (exact) mass is 253 g/mol. The van der Waals surface area contributed by atoms with Gasteiger partial charge in [-0.2, -0.15) is 0 Å². The molecule has 2 amide bonds. The lowest BCUT2D eigenvalue weighted by atomic mass is 10.3. The fraction of sp³-hybridized carbons (Fsp3) is 0.545. The first-order chi connectivity index (χ1) is 8.06. The highest BCUT2D eigenvalue weighted by Gasteiger charge is 2.26. The van der Waals surface area contributed by atoms with Crippen LogP contribution in [0.2, 0.25) is 0 Å². The number of carbonyl (C=O) groups is 2. The van der Waals surface area contributed by atoms with Crippen molar-refractivity contribution in [3.63, 3.8) is 0 Å². The van der Waals surface area contributed by atoms with E-state index >= 15 is 0 Å². The normalized spacial score (nSPS) is 16.4. The van der Waals surface area contributed by atoms with Crippen molar-refractivity contribution in [3.05, 3.63) is 11.1 Å². The third-order valence-electron chi connectivity index (χ3n) is 2.56. The summed E-state index contributed by atoms with van der Waals surface area (Å²) in [5.41, 5.74) is 1.07. The molecule has 5 nitrogen and oxygen atoms in total. The van der Waals surface area contributed by atoms with Gasteiger partial charge in [-0.3, -0.25) is 9.59 Å². The molecule has 1 saturated carbocycles. The number of hydrogen-bond acceptors (Lipinski definition) is 4. The van der Waals surface area contributed by atoms with Crippen LogP contribution in [0.15, 0.2) is 5.38 Å². The second kappa shape index (κ2) is 4.83. The van der Waals surface area contributed by atoms with Gasteiger partial charge in [-0.15, -0.1) is 11.3 Å². The van der Waals surface area contributed by atoms with E-state index in [2.05, 4.69) is 15.6 Å². The Morgan fingerprint density at radius 2 is 2.24 bits per heavy atom. The predicted octanol–water partition coefficient (Wildman–Crippen LogP) is 1.48. The van der Waals surface area contributed by atoms with Crippen molar-refractivity contribution in [3.8, 4) is 0 Å². The first kappa shape index (κ1) is 12.0. The maximum absolute atomic E-state index is 11.7. The molecule has 2 rings (SSSR count). The molecule has 2 N–H and O–H groups in total. The van der Waals surface area contributed by atoms with Gasteiger partial charge >= 0.3 is 0 Å². The molecule has 0 saturated heterocycles. The van der Waals surface area contributed by atoms with Crippen molar-refractivity contribution < 1.29 is 9.59 Å². The van der Waals surface area contributed by atoms with Crippen LogP contribution in [0.25, 0.3) is 0 Å². The Labute approximate surface area is 104 Å². The number of nitrogens with one attached hydrogen (secondary N) is 2. The number of rotatable bonds is 4. The van der Waals surface area contributed by atoms with Crippen molar-refractivity contribution in [2.45, 2.75) is 38.6 Å². The van der Waals surface area contributed by atoms with Crippen LogP contribution in [0, 0.1) is 0 Å². The minimum absolute atomic E-state index is 0.217. The smallest absolute Gasteiger partial charge is 0.248 e. The molecule has 17 heavy (non-hydrogen) atoms. The standard InChI is InChI=1S/C11H15N3O2S/c1-6(12-7(2)15)10(16)14-11-13-9(5-17-11)8-3-4-8/h5-6,8H,3-4H2,1-2H3,(H,12,15)(H,13,14,16). The molecule has 6 heteroatoms. The molecule has 1 aliphatic carbocycles. The summed E-state index contributed by atoms with van der Waals surface area (Å²) in [6, 6.07) is -0.541. The number of nitrogens with zero attached hydrogens (tertiary/aromatic N) is 1. The van der Waals surface area contributed by atoms with E-state index in [1.165, 1.54) is 31.1 Å². The zero-order valence-electron chi connectivity index (χ0n) is 9.82. The van der Waals surface area contributed by atoms with Crippen LogP contribution in [0.4, 0.5) is 5.13 Å². The Balaban J connectivity index is 1.90. The summed E-state index contributed by atoms with van der Waals surface area (Å²) in [5, 5.41) is 7.82. The van der Waals surface area contributed by atoms with Gasteiger partial charge < -0.3 is 10.6 Å². The fourth-order valence-corrected chi connectivity index (χ4v) is 2.29. The molecular formula is C11H15N3O2S. The summed E-state index contributed by atoms with van der Waals surface area (Å²) in [6.45, 7) is 3.03. The largest absolute Gasteiger partial charge is 0.345 e. The highest BCUT2D eigenvalue weighted by molar-refractivity contribution is 7.13. The molecule has 1 heterocycles. The van der Waals surface area contributed by atoms with Crippen LogP contribution in [0.3, 0.4) is 0 Å². The van der Waals surface area contributed by atoms with E-state index in [9.17, 15) is 9.59 Å². The average molecular weight is 253 g/mol. The topological polar surface area (TPSA) is 71.1 Å². The molecule has 1 atom stereocenters. The first-order valence-corrected chi connectivity index (χ1v) is 6.47. The number of amides is 2. The summed E-state index contributed by atoms with van der Waals surface area (Å²) < 4.78 is 0. The van der Waals surface area contributed by atoms with Gasteiger partial charge in [0.05, 0.1) is 5.69 Å². The number of carbonyl (C=O) groups excluding carboxylic acids is 2. The average Bonchev–Trinajstić information content (AvgIpc) is 2.99. The van der Waals surface area contributed by atoms with Crippen LogP contribution in [0.1, 0.15) is 38.3 Å². The molecule has 1 aliphatic rings. The van der Waals surface area contributed by atoms with E-state index in [1.807, 2.05) is 5.38 Å². The molecule has 1 aromatic rings. The molecule has 0 radical (unpaired) electrons. The molecule has 92 valence electrons. The Hall–Kier alpha value is -1.43. The van der Waals surface area contributed by atoms with E-state index < -0.39 is 6.04 Å². The third-order valence-corrected chi connectivity index (χ3v) is 3.34. The molecule has 1 aromatic heterocycles. The molecular weight excluding hydrogens is 238 g/mol. The van der Waals surface area contributed by atoms with Crippen molar-refractivity contribution in [1.29, 1.82) is 0 Å². The Bertz CT molecular complexity index is 440. The van der Waals surface area contributed by atoms with Gasteiger partial charge in [0.25, 0.3) is 0 Å². The van der Waals surface area contributed by atoms with Gasteiger partial charge in [-0.05, 0) is 19.8 Å². The van der Waals surface area contributed by atoms with E-state index in [0.717, 1.165) is 5.69 Å². The lowest BCUT2D eigenvalue weighted by Gasteiger charge is -2.10. The van der Waals surface area contributed by atoms with E-state index in [0.29, 0.717) is 11.0 Å². The molecule has 0 aromatic carbocycles. The van der Waals surface area contributed by atoms with Gasteiger partial charge in [0.1, 0.15) is 6.04 Å². The van der Waals surface area contributed by atoms with Gasteiger partial charge in [0, 0.05) is 18.2 Å². The van der Waals surface area contributed by atoms with E-state index in [1.54, 1.807) is 6.92 Å². The minimum atomic E-state index is -0.541. The quantitative estimate of drug-likeness (QED) is 0.854. The van der Waals surface area contributed by atoms with Crippen molar-refractivity contribution in [2.75, 3.05) is 5.32 Å². The van der Waals surface area contributed by atoms with Crippen LogP contribution in [-0.2, 0) is 9.59 Å². The predicted molar refractivity (Wildman–Crippen MR) is 66.0 cm³/mol. The summed E-state index contributed by atoms with van der Waals surface area (Å²) in [7, 11) is 0. The van der Waals surface area contributed by atoms with Crippen LogP contribution in [0.5, 0.6) is 0 Å². The van der Waals surface area contributed by atoms with Gasteiger partial charge in [-0.1, -0.05) is 0 Å². The van der Waals surface area contributed by atoms with E-state index in [-0.39, 0.29) is 11.8 Å². The molecule has 0 aliphatic heterocycles. The fourth-order valence-electron chi connectivity index (χ4n) is 1.49. The van der Waals surface area contributed by atoms with Gasteiger partial charge in [0.2, 0.25) is 11.8 Å². The second-order valence-corrected chi connectivity index (χ2v) is 5.12. The highest BCUT2D eigenvalue weighted by atomic mass is 32.1. The summed E-state index contributed by atoms with van der Waals surface area (Å²) >= 11 is 1.43. The Morgan fingerprint density at radius 3 is 2.82 bits per heavy atom. The maximum atomic E-state index is 11.7. The van der Waals surface area contributed by atoms with Crippen molar-refractivity contribution in [2.24, 2.45) is 0 Å². The lowest BCUT2D eigenvalue weighted by Crippen LogP contribution is -2.40. The molecule has 0 spiro atoms. The van der Waals surface area contributed by atoms with Crippen LogP contribution in [-0.4, -0.2) is 22.8 Å². The minimum Gasteiger partial charge on any atom is -0.345 e. The van der Waals surface area contributed by atoms with Gasteiger partial charge in [0.15, 0.2) is 5.13 Å². The van der Waals surface area contributed by atoms with Crippen LogP contribution < -0.4 is 10.6 Å². The number of hydrogen-bond donors (Lipinski definition) is 2. The highest BCUT2D eigenvalue weighted by Crippen LogP contribution is 2.40. The SMILES string of the molecule is CC(=O)NC(C)C(=O)Nc1nc(C2CC2)cs1. The Kier molecular flexibility index (Phi) is 3.42. The first-order valence-electron chi connectivity index (χ1n) is 5.59. The zero-order valence-corrected chi connectivity index (χ0v) is 10.6. The summed E-state index contributed by atoms with van der Waals surface area (Å²) in [6.07, 6.45) is 2.39.